The molecular formula is C45H57N3O6Zr3. The summed E-state index contributed by atoms with van der Waals surface area (Å²) < 4.78 is 0. The summed E-state index contributed by atoms with van der Waals surface area (Å²) in [4.78, 5) is 33.6. The van der Waals surface area contributed by atoms with E-state index in [2.05, 4.69) is 130 Å². The summed E-state index contributed by atoms with van der Waals surface area (Å²) in [6.45, 7) is 20.1. The van der Waals surface area contributed by atoms with E-state index in [1.54, 1.807) is 41.5 Å². The SMILES string of the molecule is CCN(CC)C(=O)[O-].CCN(CC)C(=O)[O-].CCN(CC)C(=O)[O-].Cc1cc2ccccc2[cH-]1.Cc1cc2ccccc2[cH-]1.Cc1cc2ccccc2[cH-]1.[Zr+2].[Zr+2].[Zr+2]. The molecule has 0 bridgehead atoms. The van der Waals surface area contributed by atoms with Gasteiger partial charge in [0, 0.05) is 39.3 Å². The monoisotopic (exact) mass is 1010 g/mol. The maximum absolute atomic E-state index is 9.98. The molecule has 0 N–H and O–H groups in total. The van der Waals surface area contributed by atoms with Crippen LogP contribution in [0.25, 0.3) is 32.3 Å². The quantitative estimate of drug-likeness (QED) is 0.158. The topological polar surface area (TPSA) is 130 Å². The van der Waals surface area contributed by atoms with Gasteiger partial charge in [0.05, 0.1) is 0 Å². The third kappa shape index (κ3) is 22.6. The Morgan fingerprint density at radius 2 is 0.614 bits per heavy atom. The zero-order valence-electron chi connectivity index (χ0n) is 34.9. The van der Waals surface area contributed by atoms with Crippen LogP contribution in [0.3, 0.4) is 0 Å². The normalized spacial score (nSPS) is 9.21. The third-order valence-electron chi connectivity index (χ3n) is 8.35. The molecule has 0 atom stereocenters. The zero-order chi connectivity index (χ0) is 40.6. The van der Waals surface area contributed by atoms with Crippen molar-refractivity contribution in [2.75, 3.05) is 39.3 Å². The van der Waals surface area contributed by atoms with Crippen molar-refractivity contribution in [2.24, 2.45) is 0 Å². The van der Waals surface area contributed by atoms with Crippen molar-refractivity contribution in [2.45, 2.75) is 62.3 Å². The fourth-order valence-electron chi connectivity index (χ4n) is 5.36. The number of carbonyl (C=O) groups excluding carboxylic acids is 3. The van der Waals surface area contributed by atoms with Crippen molar-refractivity contribution in [3.8, 4) is 0 Å². The van der Waals surface area contributed by atoms with Crippen molar-refractivity contribution in [1.82, 2.24) is 14.7 Å². The molecule has 0 fully saturated rings. The molecule has 0 saturated heterocycles. The van der Waals surface area contributed by atoms with E-state index in [0.29, 0.717) is 39.3 Å². The van der Waals surface area contributed by atoms with E-state index >= 15 is 0 Å². The number of carbonyl (C=O) groups is 3. The minimum atomic E-state index is -1.09. The number of aryl methyl sites for hydroxylation is 3. The van der Waals surface area contributed by atoms with Gasteiger partial charge in [-0.25, -0.2) is 0 Å². The Morgan fingerprint density at radius 1 is 0.421 bits per heavy atom. The molecule has 6 rings (SSSR count). The fourth-order valence-corrected chi connectivity index (χ4v) is 5.36. The van der Waals surface area contributed by atoms with Gasteiger partial charge in [-0.05, 0) is 41.5 Å². The fraction of sp³-hybridized carbons (Fsp3) is 0.333. The molecule has 0 heterocycles. The Kier molecular flexibility index (Phi) is 33.6. The first-order chi connectivity index (χ1) is 25.7. The van der Waals surface area contributed by atoms with Gasteiger partial charge in [-0.3, -0.25) is 0 Å². The molecular weight excluding hydrogens is 952 g/mol. The van der Waals surface area contributed by atoms with E-state index in [-0.39, 0.29) is 78.6 Å². The van der Waals surface area contributed by atoms with Crippen LogP contribution in [0.4, 0.5) is 14.4 Å². The summed E-state index contributed by atoms with van der Waals surface area (Å²) in [5, 5.41) is 38.0. The van der Waals surface area contributed by atoms with Crippen molar-refractivity contribution in [3.63, 3.8) is 0 Å². The molecule has 3 amide bonds. The maximum atomic E-state index is 9.98. The van der Waals surface area contributed by atoms with E-state index in [1.807, 2.05) is 0 Å². The van der Waals surface area contributed by atoms with Gasteiger partial charge in [-0.15, -0.1) is 122 Å². The summed E-state index contributed by atoms with van der Waals surface area (Å²) in [5.74, 6) is 0. The van der Waals surface area contributed by atoms with Gasteiger partial charge >= 0.3 is 78.6 Å². The molecule has 0 aromatic heterocycles. The number of hydrogen-bond acceptors (Lipinski definition) is 6. The smallest absolute Gasteiger partial charge is 0.530 e. The molecule has 0 saturated carbocycles. The van der Waals surface area contributed by atoms with Gasteiger partial charge in [-0.2, -0.15) is 18.2 Å². The molecule has 0 aliphatic rings. The molecule has 0 spiro atoms. The minimum absolute atomic E-state index is 0. The van der Waals surface area contributed by atoms with Crippen LogP contribution < -0.4 is 15.3 Å². The van der Waals surface area contributed by atoms with Crippen molar-refractivity contribution in [3.05, 3.63) is 126 Å². The summed E-state index contributed by atoms with van der Waals surface area (Å²) >= 11 is 0. The molecule has 57 heavy (non-hydrogen) atoms. The molecule has 300 valence electrons. The van der Waals surface area contributed by atoms with Gasteiger partial charge in [0.25, 0.3) is 0 Å². The second-order valence-corrected chi connectivity index (χ2v) is 12.3. The Morgan fingerprint density at radius 3 is 0.754 bits per heavy atom. The van der Waals surface area contributed by atoms with Gasteiger partial charge in [0.1, 0.15) is 18.3 Å². The van der Waals surface area contributed by atoms with Gasteiger partial charge in [0.2, 0.25) is 0 Å². The molecule has 12 heteroatoms. The van der Waals surface area contributed by atoms with Crippen molar-refractivity contribution in [1.29, 1.82) is 0 Å². The number of benzene rings is 3. The first-order valence-corrected chi connectivity index (χ1v) is 18.5. The Labute approximate surface area is 397 Å². The van der Waals surface area contributed by atoms with Gasteiger partial charge in [-0.1, -0.05) is 39.0 Å². The summed E-state index contributed by atoms with van der Waals surface area (Å²) in [6, 6.07) is 38.5. The standard InChI is InChI=1S/3C10H9.3C5H11NO2.3Zr/c3*1-8-6-9-4-2-3-5-10(9)7-8;3*1-3-6(4-2)5(7)8;;;/h3*2-7H,1H3;3*3-4H2,1-2H3,(H,7,8);;;/q3*-1;;;;3*+2/p-3. The van der Waals surface area contributed by atoms with E-state index in [1.165, 1.54) is 63.7 Å². The van der Waals surface area contributed by atoms with Crippen LogP contribution >= 0.6 is 0 Å². The van der Waals surface area contributed by atoms with Crippen molar-refractivity contribution < 1.29 is 108 Å². The second kappa shape index (κ2) is 32.9. The van der Waals surface area contributed by atoms with Crippen LogP contribution in [-0.2, 0) is 78.6 Å². The largest absolute Gasteiger partial charge is 2.00 e. The van der Waals surface area contributed by atoms with E-state index in [4.69, 9.17) is 0 Å². The average molecular weight is 1010 g/mol. The maximum Gasteiger partial charge on any atom is 2.00 e. The van der Waals surface area contributed by atoms with Crippen LogP contribution in [0.1, 0.15) is 58.2 Å². The van der Waals surface area contributed by atoms with E-state index in [9.17, 15) is 29.7 Å². The predicted octanol–water partition coefficient (Wildman–Crippen LogP) is 7.61. The minimum Gasteiger partial charge on any atom is -0.530 e. The number of rotatable bonds is 6. The molecule has 6 aromatic rings. The molecule has 6 aromatic carbocycles. The van der Waals surface area contributed by atoms with Crippen molar-refractivity contribution >= 4 is 50.6 Å². The molecule has 9 nitrogen and oxygen atoms in total. The summed E-state index contributed by atoms with van der Waals surface area (Å²) in [7, 11) is 0. The first kappa shape index (κ1) is 58.3. The van der Waals surface area contributed by atoms with Crippen LogP contribution in [0.2, 0.25) is 0 Å². The van der Waals surface area contributed by atoms with Crippen LogP contribution in [0.15, 0.2) is 109 Å². The van der Waals surface area contributed by atoms with E-state index in [0.717, 1.165) is 0 Å². The van der Waals surface area contributed by atoms with E-state index < -0.39 is 18.3 Å². The van der Waals surface area contributed by atoms with Crippen LogP contribution in [0, 0.1) is 20.8 Å². The number of amides is 3. The Bertz CT molecular complexity index is 1640. The number of fused-ring (bicyclic) bond motifs is 3. The first-order valence-electron chi connectivity index (χ1n) is 18.5. The number of hydrogen-bond donors (Lipinski definition) is 0. The Hall–Kier alpha value is -3.05. The number of carboxylic acid groups (broad SMARTS) is 3. The number of nitrogens with zero attached hydrogens (tertiary/aromatic N) is 3. The van der Waals surface area contributed by atoms with Gasteiger partial charge < -0.3 is 44.4 Å². The molecule has 0 aliphatic heterocycles. The third-order valence-corrected chi connectivity index (χ3v) is 8.35. The molecule has 0 aliphatic carbocycles. The van der Waals surface area contributed by atoms with Gasteiger partial charge in [0.15, 0.2) is 0 Å². The predicted molar refractivity (Wildman–Crippen MR) is 218 cm³/mol. The summed E-state index contributed by atoms with van der Waals surface area (Å²) in [5.41, 5.74) is 4.05. The van der Waals surface area contributed by atoms with Crippen LogP contribution in [-0.4, -0.2) is 72.2 Å². The molecule has 0 unspecified atom stereocenters. The van der Waals surface area contributed by atoms with Crippen LogP contribution in [0.5, 0.6) is 0 Å². The zero-order valence-corrected chi connectivity index (χ0v) is 42.3. The average Bonchev–Trinajstić information content (AvgIpc) is 3.84. The summed E-state index contributed by atoms with van der Waals surface area (Å²) in [6.07, 6.45) is -3.26. The molecule has 0 radical (unpaired) electrons. The Balaban J connectivity index is -0.000000611. The second-order valence-electron chi connectivity index (χ2n) is 12.3.